The highest BCUT2D eigenvalue weighted by atomic mass is 32.2. The molecule has 7 nitrogen and oxygen atoms in total. The predicted octanol–water partition coefficient (Wildman–Crippen LogP) is -0.847. The van der Waals surface area contributed by atoms with Crippen LogP contribution in [0, 0.1) is 5.92 Å². The van der Waals surface area contributed by atoms with Gasteiger partial charge in [0.15, 0.2) is 9.84 Å². The van der Waals surface area contributed by atoms with E-state index in [1.807, 2.05) is 0 Å². The van der Waals surface area contributed by atoms with Gasteiger partial charge in [-0.05, 0) is 19.3 Å². The normalized spacial score (nSPS) is 24.6. The van der Waals surface area contributed by atoms with Gasteiger partial charge >= 0.3 is 5.97 Å². The van der Waals surface area contributed by atoms with E-state index in [1.165, 1.54) is 6.92 Å². The Kier molecular flexibility index (Phi) is 4.92. The SMILES string of the molecule is CC(O)(CNC(=O)CC1CCS(=O)(=O)C1)CC(=O)O. The van der Waals surface area contributed by atoms with Gasteiger partial charge in [0.25, 0.3) is 0 Å². The summed E-state index contributed by atoms with van der Waals surface area (Å²) < 4.78 is 22.4. The lowest BCUT2D eigenvalue weighted by molar-refractivity contribution is -0.142. The first kappa shape index (κ1) is 15.9. The number of hydrogen-bond donors (Lipinski definition) is 3. The van der Waals surface area contributed by atoms with Crippen molar-refractivity contribution in [3.05, 3.63) is 0 Å². The summed E-state index contributed by atoms with van der Waals surface area (Å²) in [5.74, 6) is -1.57. The van der Waals surface area contributed by atoms with Crippen LogP contribution in [0.3, 0.4) is 0 Å². The Balaban J connectivity index is 2.34. The van der Waals surface area contributed by atoms with Crippen molar-refractivity contribution in [2.24, 2.45) is 5.92 Å². The van der Waals surface area contributed by atoms with Crippen molar-refractivity contribution in [1.29, 1.82) is 0 Å². The molecule has 0 bridgehead atoms. The lowest BCUT2D eigenvalue weighted by atomic mass is 10.0. The number of carboxylic acid groups (broad SMARTS) is 1. The highest BCUT2D eigenvalue weighted by Crippen LogP contribution is 2.21. The number of aliphatic carboxylic acids is 1. The molecule has 0 radical (unpaired) electrons. The van der Waals surface area contributed by atoms with Crippen molar-refractivity contribution in [2.45, 2.75) is 31.8 Å². The third-order valence-electron chi connectivity index (χ3n) is 3.00. The molecule has 0 spiro atoms. The molecule has 110 valence electrons. The Hall–Kier alpha value is -1.15. The van der Waals surface area contributed by atoms with Crippen LogP contribution in [-0.2, 0) is 19.4 Å². The molecule has 0 aromatic carbocycles. The van der Waals surface area contributed by atoms with Crippen molar-refractivity contribution < 1.29 is 28.2 Å². The number of sulfone groups is 1. The van der Waals surface area contributed by atoms with E-state index < -0.39 is 27.8 Å². The van der Waals surface area contributed by atoms with Crippen LogP contribution >= 0.6 is 0 Å². The molecule has 0 aliphatic carbocycles. The molecule has 0 aromatic heterocycles. The maximum atomic E-state index is 11.6. The van der Waals surface area contributed by atoms with Gasteiger partial charge in [-0.2, -0.15) is 0 Å². The van der Waals surface area contributed by atoms with Gasteiger partial charge in [-0.25, -0.2) is 8.42 Å². The molecule has 1 heterocycles. The minimum Gasteiger partial charge on any atom is -0.481 e. The predicted molar refractivity (Wildman–Crippen MR) is 67.3 cm³/mol. The van der Waals surface area contributed by atoms with Crippen LogP contribution in [0.1, 0.15) is 26.2 Å². The van der Waals surface area contributed by atoms with E-state index in [9.17, 15) is 23.1 Å². The Bertz CT molecular complexity index is 456. The third kappa shape index (κ3) is 6.02. The Morgan fingerprint density at radius 3 is 2.53 bits per heavy atom. The molecule has 8 heteroatoms. The molecular weight excluding hydrogens is 274 g/mol. The number of carbonyl (C=O) groups is 2. The smallest absolute Gasteiger partial charge is 0.306 e. The average Bonchev–Trinajstić information content (AvgIpc) is 2.53. The summed E-state index contributed by atoms with van der Waals surface area (Å²) in [6, 6.07) is 0. The largest absolute Gasteiger partial charge is 0.481 e. The molecule has 0 aromatic rings. The van der Waals surface area contributed by atoms with Crippen molar-refractivity contribution in [3.63, 3.8) is 0 Å². The summed E-state index contributed by atoms with van der Waals surface area (Å²) in [4.78, 5) is 22.0. The van der Waals surface area contributed by atoms with Crippen LogP contribution in [-0.4, -0.2) is 54.2 Å². The molecule has 1 rings (SSSR count). The summed E-state index contributed by atoms with van der Waals surface area (Å²) in [5, 5.41) is 20.7. The summed E-state index contributed by atoms with van der Waals surface area (Å²) in [6.45, 7) is 1.15. The molecule has 19 heavy (non-hydrogen) atoms. The fourth-order valence-corrected chi connectivity index (χ4v) is 3.91. The van der Waals surface area contributed by atoms with Gasteiger partial charge < -0.3 is 15.5 Å². The van der Waals surface area contributed by atoms with E-state index in [2.05, 4.69) is 5.32 Å². The first-order valence-electron chi connectivity index (χ1n) is 6.01. The topological polar surface area (TPSA) is 121 Å². The van der Waals surface area contributed by atoms with Crippen molar-refractivity contribution >= 4 is 21.7 Å². The number of rotatable bonds is 6. The second-order valence-corrected chi connectivity index (χ2v) is 7.55. The number of carboxylic acids is 1. The van der Waals surface area contributed by atoms with E-state index in [-0.39, 0.29) is 36.3 Å². The van der Waals surface area contributed by atoms with Crippen LogP contribution in [0.4, 0.5) is 0 Å². The molecule has 2 atom stereocenters. The van der Waals surface area contributed by atoms with Gasteiger partial charge in [0.1, 0.15) is 0 Å². The molecule has 1 aliphatic heterocycles. The van der Waals surface area contributed by atoms with Crippen LogP contribution in [0.5, 0.6) is 0 Å². The van der Waals surface area contributed by atoms with Crippen molar-refractivity contribution in [1.82, 2.24) is 5.32 Å². The fourth-order valence-electron chi connectivity index (χ4n) is 2.04. The standard InChI is InChI=1S/C11H19NO6S/c1-11(16,5-10(14)15)7-12-9(13)4-8-2-3-19(17,18)6-8/h8,16H,2-7H2,1H3,(H,12,13)(H,14,15). The van der Waals surface area contributed by atoms with Gasteiger partial charge in [-0.1, -0.05) is 0 Å². The first-order valence-corrected chi connectivity index (χ1v) is 7.83. The molecule has 3 N–H and O–H groups in total. The first-order chi connectivity index (χ1) is 8.60. The zero-order valence-electron chi connectivity index (χ0n) is 10.8. The highest BCUT2D eigenvalue weighted by Gasteiger charge is 2.30. The van der Waals surface area contributed by atoms with Crippen LogP contribution in [0.25, 0.3) is 0 Å². The Morgan fingerprint density at radius 2 is 2.05 bits per heavy atom. The maximum absolute atomic E-state index is 11.6. The molecule has 1 fully saturated rings. The van der Waals surface area contributed by atoms with Crippen LogP contribution < -0.4 is 5.32 Å². The van der Waals surface area contributed by atoms with Gasteiger partial charge in [0.05, 0.1) is 23.5 Å². The van der Waals surface area contributed by atoms with Crippen LogP contribution in [0.15, 0.2) is 0 Å². The van der Waals surface area contributed by atoms with Gasteiger partial charge in [0.2, 0.25) is 5.91 Å². The zero-order valence-corrected chi connectivity index (χ0v) is 11.6. The van der Waals surface area contributed by atoms with Crippen molar-refractivity contribution in [2.75, 3.05) is 18.1 Å². The highest BCUT2D eigenvalue weighted by molar-refractivity contribution is 7.91. The fraction of sp³-hybridized carbons (Fsp3) is 0.818. The second-order valence-electron chi connectivity index (χ2n) is 5.32. The number of carbonyl (C=O) groups excluding carboxylic acids is 1. The Morgan fingerprint density at radius 1 is 1.42 bits per heavy atom. The van der Waals surface area contributed by atoms with Crippen molar-refractivity contribution in [3.8, 4) is 0 Å². The lowest BCUT2D eigenvalue weighted by Gasteiger charge is -2.21. The number of hydrogen-bond acceptors (Lipinski definition) is 5. The van der Waals surface area contributed by atoms with E-state index in [0.717, 1.165) is 0 Å². The van der Waals surface area contributed by atoms with Gasteiger partial charge in [-0.3, -0.25) is 9.59 Å². The molecular formula is C11H19NO6S. The van der Waals surface area contributed by atoms with Gasteiger partial charge in [-0.15, -0.1) is 0 Å². The lowest BCUT2D eigenvalue weighted by Crippen LogP contribution is -2.42. The van der Waals surface area contributed by atoms with E-state index >= 15 is 0 Å². The summed E-state index contributed by atoms with van der Waals surface area (Å²) in [6.07, 6.45) is 0.0920. The monoisotopic (exact) mass is 293 g/mol. The molecule has 1 aliphatic rings. The molecule has 1 saturated heterocycles. The number of nitrogens with one attached hydrogen (secondary N) is 1. The maximum Gasteiger partial charge on any atom is 0.306 e. The minimum atomic E-state index is -3.01. The molecule has 0 saturated carbocycles. The number of amides is 1. The summed E-state index contributed by atoms with van der Waals surface area (Å²) in [5.41, 5.74) is -1.51. The average molecular weight is 293 g/mol. The van der Waals surface area contributed by atoms with Gasteiger partial charge in [0, 0.05) is 13.0 Å². The summed E-state index contributed by atoms with van der Waals surface area (Å²) >= 11 is 0. The molecule has 1 amide bonds. The third-order valence-corrected chi connectivity index (χ3v) is 4.84. The van der Waals surface area contributed by atoms with E-state index in [1.54, 1.807) is 0 Å². The van der Waals surface area contributed by atoms with E-state index in [0.29, 0.717) is 6.42 Å². The molecule has 2 unspecified atom stereocenters. The summed E-state index contributed by atoms with van der Waals surface area (Å²) in [7, 11) is -3.01. The van der Waals surface area contributed by atoms with E-state index in [4.69, 9.17) is 5.11 Å². The second kappa shape index (κ2) is 5.87. The zero-order chi connectivity index (χ0) is 14.7. The number of aliphatic hydroxyl groups is 1. The Labute approximate surface area is 111 Å². The minimum absolute atomic E-state index is 0.0198. The quantitative estimate of drug-likeness (QED) is 0.587. The van der Waals surface area contributed by atoms with Crippen LogP contribution in [0.2, 0.25) is 0 Å².